The van der Waals surface area contributed by atoms with Crippen molar-refractivity contribution in [2.75, 3.05) is 11.5 Å². The van der Waals surface area contributed by atoms with E-state index in [1.54, 1.807) is 11.8 Å². The molecule has 1 aromatic heterocycles. The lowest BCUT2D eigenvalue weighted by molar-refractivity contribution is -0.0795. The van der Waals surface area contributed by atoms with Gasteiger partial charge in [-0.05, 0) is 38.6 Å². The molecule has 0 aliphatic heterocycles. The molecule has 0 unspecified atom stereocenters. The van der Waals surface area contributed by atoms with E-state index in [0.717, 1.165) is 28.6 Å². The largest absolute Gasteiger partial charge is 0.397 e. The molecule has 7 heteroatoms. The summed E-state index contributed by atoms with van der Waals surface area (Å²) >= 11 is 1.75. The molecule has 0 aliphatic carbocycles. The first-order chi connectivity index (χ1) is 9.90. The van der Waals surface area contributed by atoms with Crippen molar-refractivity contribution in [1.82, 2.24) is 4.98 Å². The Morgan fingerprint density at radius 3 is 2.43 bits per heavy atom. The number of thioether (sulfide) groups is 1. The van der Waals surface area contributed by atoms with Gasteiger partial charge in [0.1, 0.15) is 6.29 Å². The second-order valence-corrected chi connectivity index (χ2v) is 7.79. The minimum absolute atomic E-state index is 0.0120. The molecule has 4 nitrogen and oxygen atoms in total. The summed E-state index contributed by atoms with van der Waals surface area (Å²) in [4.78, 5) is 4.49. The van der Waals surface area contributed by atoms with Gasteiger partial charge in [-0.15, -0.1) is 11.8 Å². The second kappa shape index (κ2) is 8.94. The minimum atomic E-state index is -0.133. The summed E-state index contributed by atoms with van der Waals surface area (Å²) in [5.74, 6) is 0.978. The Labute approximate surface area is 137 Å². The Bertz CT molecular complexity index is 441. The molecule has 21 heavy (non-hydrogen) atoms. The Kier molecular flexibility index (Phi) is 7.96. The van der Waals surface area contributed by atoms with E-state index < -0.39 is 0 Å². The topological polar surface area (TPSA) is 57.4 Å². The quantitative estimate of drug-likeness (QED) is 0.425. The molecule has 0 aliphatic rings. The summed E-state index contributed by atoms with van der Waals surface area (Å²) in [5.41, 5.74) is 7.41. The van der Waals surface area contributed by atoms with Gasteiger partial charge in [0.05, 0.1) is 16.4 Å². The van der Waals surface area contributed by atoms with Crippen LogP contribution in [0.4, 0.5) is 5.69 Å². The van der Waals surface area contributed by atoms with E-state index in [1.165, 1.54) is 0 Å². The van der Waals surface area contributed by atoms with Crippen LogP contribution in [0.2, 0.25) is 13.1 Å². The molecular formula is C14H24N2O2SSi2. The highest BCUT2D eigenvalue weighted by atomic mass is 32.2. The standard InChI is InChI=1S/C14H24N2O2SSi2/c1-10-11(15)6-7-12(16-10)19-9-8-14(2,3)13(17-20-4)18-21-5/h6-7,13H,8-9,15H2,1-5H3. The van der Waals surface area contributed by atoms with Crippen LogP contribution in [0, 0.1) is 12.3 Å². The fourth-order valence-electron chi connectivity index (χ4n) is 1.72. The summed E-state index contributed by atoms with van der Waals surface area (Å²) < 4.78 is 11.5. The SMILES string of the molecule is C[Si]OC(O[Si]C)C(C)(C)CCSc1ccc(N)c(C)n1. The zero-order valence-electron chi connectivity index (χ0n) is 13.4. The van der Waals surface area contributed by atoms with Crippen molar-refractivity contribution in [3.05, 3.63) is 17.8 Å². The lowest BCUT2D eigenvalue weighted by atomic mass is 9.90. The van der Waals surface area contributed by atoms with Gasteiger partial charge in [0.15, 0.2) is 0 Å². The molecule has 0 saturated carbocycles. The summed E-state index contributed by atoms with van der Waals surface area (Å²) in [6.07, 6.45) is 0.869. The van der Waals surface area contributed by atoms with E-state index in [1.807, 2.05) is 32.2 Å². The van der Waals surface area contributed by atoms with Gasteiger partial charge >= 0.3 is 0 Å². The second-order valence-electron chi connectivity index (χ2n) is 5.39. The third kappa shape index (κ3) is 6.11. The maximum absolute atomic E-state index is 5.79. The number of nitrogens with zero attached hydrogens (tertiary/aromatic N) is 1. The van der Waals surface area contributed by atoms with Crippen molar-refractivity contribution < 1.29 is 8.85 Å². The summed E-state index contributed by atoms with van der Waals surface area (Å²) in [7, 11) is 0.885. The number of pyridine rings is 1. The zero-order chi connectivity index (χ0) is 15.9. The predicted molar refractivity (Wildman–Crippen MR) is 91.7 cm³/mol. The van der Waals surface area contributed by atoms with Crippen LogP contribution in [0.1, 0.15) is 26.0 Å². The molecule has 0 aromatic carbocycles. The van der Waals surface area contributed by atoms with Gasteiger partial charge in [0.25, 0.3) is 0 Å². The van der Waals surface area contributed by atoms with Crippen molar-refractivity contribution >= 4 is 37.0 Å². The van der Waals surface area contributed by atoms with Crippen LogP contribution < -0.4 is 5.73 Å². The van der Waals surface area contributed by atoms with Gasteiger partial charge in [-0.1, -0.05) is 13.8 Å². The third-order valence-corrected chi connectivity index (χ3v) is 5.02. The number of nitrogen functional groups attached to an aromatic ring is 1. The molecule has 2 N–H and O–H groups in total. The fraction of sp³-hybridized carbons (Fsp3) is 0.643. The molecule has 0 atom stereocenters. The van der Waals surface area contributed by atoms with Crippen LogP contribution in [0.5, 0.6) is 0 Å². The normalized spacial score (nSPS) is 12.1. The van der Waals surface area contributed by atoms with Crippen molar-refractivity contribution in [2.24, 2.45) is 5.41 Å². The minimum Gasteiger partial charge on any atom is -0.397 e. The molecule has 1 aromatic rings. The summed E-state index contributed by atoms with van der Waals surface area (Å²) in [6, 6.07) is 3.90. The van der Waals surface area contributed by atoms with E-state index in [4.69, 9.17) is 14.6 Å². The molecule has 116 valence electrons. The van der Waals surface area contributed by atoms with Gasteiger partial charge in [-0.25, -0.2) is 4.98 Å². The summed E-state index contributed by atoms with van der Waals surface area (Å²) in [6.45, 7) is 10.4. The molecule has 0 bridgehead atoms. The first kappa shape index (κ1) is 18.7. The molecular weight excluding hydrogens is 316 g/mol. The van der Waals surface area contributed by atoms with Crippen LogP contribution >= 0.6 is 11.8 Å². The Hall–Kier alpha value is -0.346. The molecule has 1 rings (SSSR count). The van der Waals surface area contributed by atoms with Crippen molar-refractivity contribution in [3.8, 4) is 0 Å². The maximum atomic E-state index is 5.79. The lowest BCUT2D eigenvalue weighted by Gasteiger charge is -2.33. The van der Waals surface area contributed by atoms with E-state index in [2.05, 4.69) is 18.8 Å². The number of rotatable bonds is 9. The van der Waals surface area contributed by atoms with Crippen LogP contribution in [-0.4, -0.2) is 36.6 Å². The van der Waals surface area contributed by atoms with Crippen molar-refractivity contribution in [1.29, 1.82) is 0 Å². The predicted octanol–water partition coefficient (Wildman–Crippen LogP) is 3.17. The Balaban J connectivity index is 2.53. The van der Waals surface area contributed by atoms with Crippen LogP contribution in [-0.2, 0) is 8.85 Å². The number of hydrogen-bond acceptors (Lipinski definition) is 5. The van der Waals surface area contributed by atoms with E-state index in [9.17, 15) is 0 Å². The molecule has 0 spiro atoms. The van der Waals surface area contributed by atoms with Crippen LogP contribution in [0.15, 0.2) is 17.2 Å². The maximum Gasteiger partial charge on any atom is 0.229 e. The highest BCUT2D eigenvalue weighted by Gasteiger charge is 2.30. The Morgan fingerprint density at radius 2 is 1.90 bits per heavy atom. The van der Waals surface area contributed by atoms with Gasteiger partial charge in [0.2, 0.25) is 19.5 Å². The highest BCUT2D eigenvalue weighted by Crippen LogP contribution is 2.31. The van der Waals surface area contributed by atoms with E-state index in [0.29, 0.717) is 19.5 Å². The van der Waals surface area contributed by atoms with Crippen molar-refractivity contribution in [2.45, 2.75) is 51.6 Å². The average molecular weight is 341 g/mol. The van der Waals surface area contributed by atoms with E-state index in [-0.39, 0.29) is 11.7 Å². The number of nitrogens with two attached hydrogens (primary N) is 1. The number of aromatic nitrogens is 1. The average Bonchev–Trinajstić information content (AvgIpc) is 2.42. The van der Waals surface area contributed by atoms with Crippen LogP contribution in [0.25, 0.3) is 0 Å². The number of hydrogen-bond donors (Lipinski definition) is 1. The fourth-order valence-corrected chi connectivity index (χ4v) is 4.18. The summed E-state index contributed by atoms with van der Waals surface area (Å²) in [5, 5.41) is 1.02. The van der Waals surface area contributed by atoms with Gasteiger partial charge in [-0.3, -0.25) is 0 Å². The third-order valence-electron chi connectivity index (χ3n) is 3.19. The smallest absolute Gasteiger partial charge is 0.229 e. The van der Waals surface area contributed by atoms with Gasteiger partial charge < -0.3 is 14.6 Å². The van der Waals surface area contributed by atoms with E-state index >= 15 is 0 Å². The van der Waals surface area contributed by atoms with Crippen molar-refractivity contribution in [3.63, 3.8) is 0 Å². The monoisotopic (exact) mass is 340 g/mol. The first-order valence-corrected chi connectivity index (χ1v) is 10.7. The van der Waals surface area contributed by atoms with Crippen LogP contribution in [0.3, 0.4) is 0 Å². The van der Waals surface area contributed by atoms with Gasteiger partial charge in [-0.2, -0.15) is 0 Å². The molecule has 0 fully saturated rings. The lowest BCUT2D eigenvalue weighted by Crippen LogP contribution is -2.36. The van der Waals surface area contributed by atoms with Gasteiger partial charge in [0, 0.05) is 11.2 Å². The molecule has 0 amide bonds. The Morgan fingerprint density at radius 1 is 1.29 bits per heavy atom. The highest BCUT2D eigenvalue weighted by molar-refractivity contribution is 7.99. The molecule has 4 radical (unpaired) electrons. The number of anilines is 1. The number of aryl methyl sites for hydroxylation is 1. The molecule has 1 heterocycles. The zero-order valence-corrected chi connectivity index (χ0v) is 16.2. The molecule has 0 saturated heterocycles. The first-order valence-electron chi connectivity index (χ1n) is 6.91.